The molecule has 0 unspecified atom stereocenters. The average Bonchev–Trinajstić information content (AvgIpc) is 3.03. The minimum absolute atomic E-state index is 0.0815. The number of aryl methyl sites for hydroxylation is 2. The lowest BCUT2D eigenvalue weighted by Crippen LogP contribution is -2.46. The van der Waals surface area contributed by atoms with Crippen molar-refractivity contribution in [3.8, 4) is 5.75 Å². The Bertz CT molecular complexity index is 1020. The Labute approximate surface area is 168 Å². The molecule has 30 heavy (non-hydrogen) atoms. The molecule has 2 aliphatic rings. The normalized spacial score (nSPS) is 21.0. The van der Waals surface area contributed by atoms with Crippen LogP contribution in [0.1, 0.15) is 33.7 Å². The number of benzene rings is 1. The first-order valence-corrected chi connectivity index (χ1v) is 9.31. The fourth-order valence-corrected chi connectivity index (χ4v) is 3.70. The zero-order valence-corrected chi connectivity index (χ0v) is 15.8. The van der Waals surface area contributed by atoms with Gasteiger partial charge in [0.05, 0.1) is 5.92 Å². The summed E-state index contributed by atoms with van der Waals surface area (Å²) in [5, 5.41) is 11.3. The molecule has 1 aromatic heterocycles. The standard InChI is InChI=1S/C19H18F4N4O3/c1-8-4-11(20)16-14(5-8)30-7-13(17(28)25-16)24-18(29)15-10-6-9(19(21,22)23)2-3-12(10)26-27-15/h4-5,9,13H,2-3,6-7H2,1H3,(H,24,29)(H,25,28)(H,26,27)/t9-,13-/m0/s1. The monoisotopic (exact) mass is 426 g/mol. The summed E-state index contributed by atoms with van der Waals surface area (Å²) >= 11 is 0. The van der Waals surface area contributed by atoms with Crippen molar-refractivity contribution in [2.24, 2.45) is 5.92 Å². The minimum atomic E-state index is -4.37. The number of hydrogen-bond donors (Lipinski definition) is 3. The van der Waals surface area contributed by atoms with Crippen molar-refractivity contribution in [1.29, 1.82) is 0 Å². The number of aromatic nitrogens is 2. The summed E-state index contributed by atoms with van der Waals surface area (Å²) in [5.74, 6) is -3.61. The van der Waals surface area contributed by atoms with E-state index in [1.54, 1.807) is 13.0 Å². The van der Waals surface area contributed by atoms with E-state index in [4.69, 9.17) is 4.74 Å². The molecule has 2 aromatic rings. The van der Waals surface area contributed by atoms with Gasteiger partial charge in [0.1, 0.15) is 24.1 Å². The van der Waals surface area contributed by atoms with E-state index in [9.17, 15) is 27.2 Å². The molecule has 2 atom stereocenters. The van der Waals surface area contributed by atoms with E-state index in [0.29, 0.717) is 11.3 Å². The Morgan fingerprint density at radius 2 is 2.10 bits per heavy atom. The molecule has 2 heterocycles. The predicted octanol–water partition coefficient (Wildman–Crippen LogP) is 2.65. The van der Waals surface area contributed by atoms with Gasteiger partial charge in [-0.2, -0.15) is 18.3 Å². The lowest BCUT2D eigenvalue weighted by Gasteiger charge is -2.24. The molecule has 4 rings (SSSR count). The summed E-state index contributed by atoms with van der Waals surface area (Å²) in [7, 11) is 0. The van der Waals surface area contributed by atoms with Crippen LogP contribution in [-0.2, 0) is 17.6 Å². The second-order valence-corrected chi connectivity index (χ2v) is 7.46. The smallest absolute Gasteiger partial charge is 0.392 e. The first-order chi connectivity index (χ1) is 14.1. The van der Waals surface area contributed by atoms with Crippen molar-refractivity contribution in [2.75, 3.05) is 11.9 Å². The van der Waals surface area contributed by atoms with Gasteiger partial charge in [0, 0.05) is 11.3 Å². The number of amides is 2. The molecule has 7 nitrogen and oxygen atoms in total. The van der Waals surface area contributed by atoms with Gasteiger partial charge in [0.25, 0.3) is 11.8 Å². The number of aromatic amines is 1. The van der Waals surface area contributed by atoms with Gasteiger partial charge in [0.15, 0.2) is 11.5 Å². The number of fused-ring (bicyclic) bond motifs is 2. The van der Waals surface area contributed by atoms with E-state index in [2.05, 4.69) is 20.8 Å². The van der Waals surface area contributed by atoms with Crippen LogP contribution < -0.4 is 15.4 Å². The SMILES string of the molecule is Cc1cc(F)c2c(c1)OC[C@H](NC(=O)c1n[nH]c3c1C[C@@H](C(F)(F)F)CC3)C(=O)N2. The highest BCUT2D eigenvalue weighted by molar-refractivity contribution is 6.02. The second kappa shape index (κ2) is 7.29. The molecule has 11 heteroatoms. The molecule has 0 saturated heterocycles. The number of carbonyl (C=O) groups excluding carboxylic acids is 2. The van der Waals surface area contributed by atoms with Crippen LogP contribution in [-0.4, -0.2) is 40.8 Å². The Hall–Kier alpha value is -3.11. The topological polar surface area (TPSA) is 96.1 Å². The van der Waals surface area contributed by atoms with Crippen LogP contribution in [0, 0.1) is 18.7 Å². The van der Waals surface area contributed by atoms with Crippen LogP contribution in [0.15, 0.2) is 12.1 Å². The summed E-state index contributed by atoms with van der Waals surface area (Å²) in [4.78, 5) is 25.1. The Kier molecular flexibility index (Phi) is 4.91. The van der Waals surface area contributed by atoms with Crippen LogP contribution in [0.3, 0.4) is 0 Å². The summed E-state index contributed by atoms with van der Waals surface area (Å²) in [6.07, 6.45) is -4.68. The Morgan fingerprint density at radius 3 is 2.83 bits per heavy atom. The van der Waals surface area contributed by atoms with E-state index < -0.39 is 35.8 Å². The van der Waals surface area contributed by atoms with Gasteiger partial charge in [0.2, 0.25) is 0 Å². The first-order valence-electron chi connectivity index (χ1n) is 9.31. The fraction of sp³-hybridized carbons (Fsp3) is 0.421. The number of alkyl halides is 3. The molecule has 1 aromatic carbocycles. The van der Waals surface area contributed by atoms with Gasteiger partial charge in [-0.15, -0.1) is 0 Å². The number of nitrogens with zero attached hydrogens (tertiary/aromatic N) is 1. The molecule has 160 valence electrons. The van der Waals surface area contributed by atoms with E-state index in [1.165, 1.54) is 6.07 Å². The zero-order chi connectivity index (χ0) is 21.6. The van der Waals surface area contributed by atoms with Gasteiger partial charge in [-0.3, -0.25) is 14.7 Å². The number of hydrogen-bond acceptors (Lipinski definition) is 4. The van der Waals surface area contributed by atoms with Gasteiger partial charge < -0.3 is 15.4 Å². The number of rotatable bonds is 2. The lowest BCUT2D eigenvalue weighted by molar-refractivity contribution is -0.177. The van der Waals surface area contributed by atoms with Crippen molar-refractivity contribution < 1.29 is 31.9 Å². The van der Waals surface area contributed by atoms with E-state index in [-0.39, 0.29) is 48.6 Å². The van der Waals surface area contributed by atoms with Gasteiger partial charge >= 0.3 is 6.18 Å². The quantitative estimate of drug-likeness (QED) is 0.644. The van der Waals surface area contributed by atoms with Gasteiger partial charge in [-0.1, -0.05) is 0 Å². The van der Waals surface area contributed by atoms with Crippen LogP contribution in [0.2, 0.25) is 0 Å². The molecule has 0 bridgehead atoms. The van der Waals surface area contributed by atoms with Crippen molar-refractivity contribution in [3.63, 3.8) is 0 Å². The molecular formula is C19H18F4N4O3. The lowest BCUT2D eigenvalue weighted by atomic mass is 9.86. The van der Waals surface area contributed by atoms with Crippen molar-refractivity contribution in [1.82, 2.24) is 15.5 Å². The molecule has 1 aliphatic carbocycles. The van der Waals surface area contributed by atoms with Crippen LogP contribution >= 0.6 is 0 Å². The van der Waals surface area contributed by atoms with Crippen molar-refractivity contribution in [2.45, 2.75) is 38.4 Å². The number of carbonyl (C=O) groups is 2. The Balaban J connectivity index is 1.51. The summed E-state index contributed by atoms with van der Waals surface area (Å²) in [5.41, 5.74) is 0.946. The maximum Gasteiger partial charge on any atom is 0.392 e. The number of halogens is 4. The number of ether oxygens (including phenoxy) is 1. The maximum absolute atomic E-state index is 14.1. The molecule has 0 spiro atoms. The van der Waals surface area contributed by atoms with E-state index in [0.717, 1.165) is 0 Å². The number of anilines is 1. The van der Waals surface area contributed by atoms with E-state index >= 15 is 0 Å². The first kappa shape index (κ1) is 20.2. The third-order valence-electron chi connectivity index (χ3n) is 5.30. The molecule has 0 saturated carbocycles. The third kappa shape index (κ3) is 3.71. The average molecular weight is 426 g/mol. The highest BCUT2D eigenvalue weighted by Gasteiger charge is 2.43. The molecule has 3 N–H and O–H groups in total. The van der Waals surface area contributed by atoms with Gasteiger partial charge in [-0.25, -0.2) is 4.39 Å². The van der Waals surface area contributed by atoms with Crippen LogP contribution in [0.5, 0.6) is 5.75 Å². The highest BCUT2D eigenvalue weighted by Crippen LogP contribution is 2.37. The second-order valence-electron chi connectivity index (χ2n) is 7.46. The summed E-state index contributed by atoms with van der Waals surface area (Å²) < 4.78 is 58.9. The largest absolute Gasteiger partial charge is 0.489 e. The maximum atomic E-state index is 14.1. The minimum Gasteiger partial charge on any atom is -0.489 e. The zero-order valence-electron chi connectivity index (χ0n) is 15.8. The third-order valence-corrected chi connectivity index (χ3v) is 5.30. The van der Waals surface area contributed by atoms with E-state index in [1.807, 2.05) is 0 Å². The van der Waals surface area contributed by atoms with Crippen molar-refractivity contribution in [3.05, 3.63) is 40.5 Å². The molecule has 2 amide bonds. The van der Waals surface area contributed by atoms with Crippen molar-refractivity contribution >= 4 is 17.5 Å². The summed E-state index contributed by atoms with van der Waals surface area (Å²) in [6.45, 7) is 1.39. The number of H-pyrrole nitrogens is 1. The fourth-order valence-electron chi connectivity index (χ4n) is 3.70. The molecule has 0 radical (unpaired) electrons. The Morgan fingerprint density at radius 1 is 1.33 bits per heavy atom. The van der Waals surface area contributed by atoms with Gasteiger partial charge in [-0.05, 0) is 43.9 Å². The number of nitrogens with one attached hydrogen (secondary N) is 3. The molecule has 0 fully saturated rings. The van der Waals surface area contributed by atoms with Crippen LogP contribution in [0.25, 0.3) is 0 Å². The molecule has 1 aliphatic heterocycles. The predicted molar refractivity (Wildman–Crippen MR) is 96.7 cm³/mol. The van der Waals surface area contributed by atoms with Crippen LogP contribution in [0.4, 0.5) is 23.2 Å². The summed E-state index contributed by atoms with van der Waals surface area (Å²) in [6, 6.07) is 1.59. The highest BCUT2D eigenvalue weighted by atomic mass is 19.4. The molecular weight excluding hydrogens is 408 g/mol.